The number of hydrogen-bond acceptors (Lipinski definition) is 1. The average Bonchev–Trinajstić information content (AvgIpc) is 2.08. The predicted octanol–water partition coefficient (Wildman–Crippen LogP) is 4.18. The lowest BCUT2D eigenvalue weighted by Gasteiger charge is -2.13. The monoisotopic (exact) mass is 276 g/mol. The van der Waals surface area contributed by atoms with Gasteiger partial charge in [-0.05, 0) is 46.0 Å². The Labute approximate surface area is 98.2 Å². The van der Waals surface area contributed by atoms with Crippen molar-refractivity contribution in [2.45, 2.75) is 26.4 Å². The minimum atomic E-state index is -0.399. The smallest absolute Gasteiger partial charge is 0.0792 e. The predicted molar refractivity (Wildman–Crippen MR) is 63.6 cm³/mol. The molecule has 1 nitrogen and oxygen atoms in total. The molecule has 0 aliphatic heterocycles. The van der Waals surface area contributed by atoms with E-state index in [2.05, 4.69) is 29.8 Å². The van der Waals surface area contributed by atoms with Crippen LogP contribution in [0.25, 0.3) is 0 Å². The van der Waals surface area contributed by atoms with Gasteiger partial charge in [-0.1, -0.05) is 31.5 Å². The molecule has 0 bridgehead atoms. The van der Waals surface area contributed by atoms with Crippen LogP contribution >= 0.6 is 27.5 Å². The van der Waals surface area contributed by atoms with Crippen LogP contribution in [0.15, 0.2) is 22.7 Å². The van der Waals surface area contributed by atoms with E-state index >= 15 is 0 Å². The summed E-state index contributed by atoms with van der Waals surface area (Å²) < 4.78 is 0.833. The maximum atomic E-state index is 9.84. The Bertz CT molecular complexity index is 312. The summed E-state index contributed by atoms with van der Waals surface area (Å²) in [5.41, 5.74) is 0.912. The first kappa shape index (κ1) is 12.0. The zero-order valence-electron chi connectivity index (χ0n) is 8.30. The second-order valence-electron chi connectivity index (χ2n) is 3.82. The third-order valence-electron chi connectivity index (χ3n) is 2.02. The molecule has 1 unspecified atom stereocenters. The first-order valence-electron chi connectivity index (χ1n) is 4.63. The van der Waals surface area contributed by atoms with Gasteiger partial charge in [-0.2, -0.15) is 0 Å². The fourth-order valence-corrected chi connectivity index (χ4v) is 1.82. The second-order valence-corrected chi connectivity index (χ2v) is 5.08. The van der Waals surface area contributed by atoms with Crippen LogP contribution < -0.4 is 0 Å². The van der Waals surface area contributed by atoms with Crippen molar-refractivity contribution in [2.24, 2.45) is 5.92 Å². The van der Waals surface area contributed by atoms with Gasteiger partial charge in [-0.15, -0.1) is 0 Å². The first-order valence-corrected chi connectivity index (χ1v) is 5.81. The molecule has 14 heavy (non-hydrogen) atoms. The molecule has 78 valence electrons. The highest BCUT2D eigenvalue weighted by Crippen LogP contribution is 2.28. The van der Waals surface area contributed by atoms with E-state index < -0.39 is 6.10 Å². The van der Waals surface area contributed by atoms with E-state index in [1.54, 1.807) is 6.07 Å². The number of benzene rings is 1. The Morgan fingerprint density at radius 2 is 2.07 bits per heavy atom. The number of hydrogen-bond donors (Lipinski definition) is 1. The molecule has 3 heteroatoms. The SMILES string of the molecule is CC(C)CC(O)c1ccc(Cl)c(Br)c1. The van der Waals surface area contributed by atoms with Crippen molar-refractivity contribution in [1.29, 1.82) is 0 Å². The van der Waals surface area contributed by atoms with Crippen molar-refractivity contribution in [2.75, 3.05) is 0 Å². The van der Waals surface area contributed by atoms with Gasteiger partial charge in [0, 0.05) is 4.47 Å². The molecule has 0 saturated heterocycles. The maximum absolute atomic E-state index is 9.84. The minimum Gasteiger partial charge on any atom is -0.388 e. The topological polar surface area (TPSA) is 20.2 Å². The van der Waals surface area contributed by atoms with Crippen molar-refractivity contribution < 1.29 is 5.11 Å². The van der Waals surface area contributed by atoms with Crippen molar-refractivity contribution in [3.63, 3.8) is 0 Å². The van der Waals surface area contributed by atoms with Crippen LogP contribution in [-0.2, 0) is 0 Å². The molecule has 0 aliphatic carbocycles. The van der Waals surface area contributed by atoms with Crippen LogP contribution in [0.5, 0.6) is 0 Å². The van der Waals surface area contributed by atoms with Crippen LogP contribution in [0.4, 0.5) is 0 Å². The molecule has 0 fully saturated rings. The molecule has 0 radical (unpaired) electrons. The number of rotatable bonds is 3. The quantitative estimate of drug-likeness (QED) is 0.878. The second kappa shape index (κ2) is 5.15. The summed E-state index contributed by atoms with van der Waals surface area (Å²) in [5.74, 6) is 0.486. The van der Waals surface area contributed by atoms with Crippen molar-refractivity contribution in [3.8, 4) is 0 Å². The van der Waals surface area contributed by atoms with E-state index in [1.807, 2.05) is 12.1 Å². The summed E-state index contributed by atoms with van der Waals surface area (Å²) in [7, 11) is 0. The van der Waals surface area contributed by atoms with Crippen LogP contribution in [0.3, 0.4) is 0 Å². The van der Waals surface area contributed by atoms with Crippen LogP contribution in [-0.4, -0.2) is 5.11 Å². The molecule has 1 atom stereocenters. The Morgan fingerprint density at radius 3 is 2.57 bits per heavy atom. The fourth-order valence-electron chi connectivity index (χ4n) is 1.30. The average molecular weight is 278 g/mol. The van der Waals surface area contributed by atoms with Gasteiger partial charge >= 0.3 is 0 Å². The molecular formula is C11H14BrClO. The molecule has 0 amide bonds. The fraction of sp³-hybridized carbons (Fsp3) is 0.455. The zero-order valence-corrected chi connectivity index (χ0v) is 10.6. The number of aliphatic hydroxyl groups is 1. The van der Waals surface area contributed by atoms with Gasteiger partial charge in [-0.3, -0.25) is 0 Å². The maximum Gasteiger partial charge on any atom is 0.0792 e. The molecule has 1 N–H and O–H groups in total. The normalized spacial score (nSPS) is 13.3. The summed E-state index contributed by atoms with van der Waals surface area (Å²) in [4.78, 5) is 0. The zero-order chi connectivity index (χ0) is 10.7. The summed E-state index contributed by atoms with van der Waals surface area (Å²) in [6.07, 6.45) is 0.372. The highest BCUT2D eigenvalue weighted by molar-refractivity contribution is 9.10. The van der Waals surface area contributed by atoms with Crippen molar-refractivity contribution in [3.05, 3.63) is 33.3 Å². The van der Waals surface area contributed by atoms with Crippen LogP contribution in [0.1, 0.15) is 31.9 Å². The van der Waals surface area contributed by atoms with Gasteiger partial charge in [0.15, 0.2) is 0 Å². The van der Waals surface area contributed by atoms with Gasteiger partial charge in [0.2, 0.25) is 0 Å². The summed E-state index contributed by atoms with van der Waals surface area (Å²) in [6, 6.07) is 5.53. The van der Waals surface area contributed by atoms with Gasteiger partial charge in [0.1, 0.15) is 0 Å². The molecule has 0 heterocycles. The van der Waals surface area contributed by atoms with Crippen molar-refractivity contribution in [1.82, 2.24) is 0 Å². The Hall–Kier alpha value is -0.0500. The molecular weight excluding hydrogens is 263 g/mol. The van der Waals surface area contributed by atoms with E-state index in [9.17, 15) is 5.11 Å². The molecule has 0 aromatic heterocycles. The lowest BCUT2D eigenvalue weighted by atomic mass is 10.00. The summed E-state index contributed by atoms with van der Waals surface area (Å²) >= 11 is 9.20. The Morgan fingerprint density at radius 1 is 1.43 bits per heavy atom. The van der Waals surface area contributed by atoms with Gasteiger partial charge in [0.25, 0.3) is 0 Å². The largest absolute Gasteiger partial charge is 0.388 e. The van der Waals surface area contributed by atoms with Gasteiger partial charge in [0.05, 0.1) is 11.1 Å². The molecule has 0 saturated carbocycles. The lowest BCUT2D eigenvalue weighted by molar-refractivity contribution is 0.151. The molecule has 0 spiro atoms. The molecule has 1 aromatic carbocycles. The minimum absolute atomic E-state index is 0.399. The van der Waals surface area contributed by atoms with Crippen LogP contribution in [0, 0.1) is 5.92 Å². The standard InChI is InChI=1S/C11H14BrClO/c1-7(2)5-11(14)8-3-4-10(13)9(12)6-8/h3-4,6-7,11,14H,5H2,1-2H3. The third kappa shape index (κ3) is 3.26. The summed E-state index contributed by atoms with van der Waals surface area (Å²) in [5, 5.41) is 10.5. The van der Waals surface area contributed by atoms with Gasteiger partial charge < -0.3 is 5.11 Å². The lowest BCUT2D eigenvalue weighted by Crippen LogP contribution is -2.01. The highest BCUT2D eigenvalue weighted by Gasteiger charge is 2.10. The van der Waals surface area contributed by atoms with E-state index in [0.29, 0.717) is 10.9 Å². The van der Waals surface area contributed by atoms with E-state index in [1.165, 1.54) is 0 Å². The Kier molecular flexibility index (Phi) is 4.42. The highest BCUT2D eigenvalue weighted by atomic mass is 79.9. The molecule has 1 aromatic rings. The molecule has 0 aliphatic rings. The van der Waals surface area contributed by atoms with E-state index in [4.69, 9.17) is 11.6 Å². The van der Waals surface area contributed by atoms with E-state index in [-0.39, 0.29) is 0 Å². The van der Waals surface area contributed by atoms with E-state index in [0.717, 1.165) is 16.5 Å². The molecule has 1 rings (SSSR count). The summed E-state index contributed by atoms with van der Waals surface area (Å²) in [6.45, 7) is 4.18. The van der Waals surface area contributed by atoms with Crippen LogP contribution in [0.2, 0.25) is 5.02 Å². The number of halogens is 2. The van der Waals surface area contributed by atoms with Gasteiger partial charge in [-0.25, -0.2) is 0 Å². The first-order chi connectivity index (χ1) is 6.50. The van der Waals surface area contributed by atoms with Crippen molar-refractivity contribution >= 4 is 27.5 Å². The number of aliphatic hydroxyl groups excluding tert-OH is 1. The Balaban J connectivity index is 2.80. The third-order valence-corrected chi connectivity index (χ3v) is 3.24.